The molecule has 0 aromatic rings. The van der Waals surface area contributed by atoms with Gasteiger partial charge in [-0.3, -0.25) is 0 Å². The fourth-order valence-corrected chi connectivity index (χ4v) is 2.36. The fraction of sp³-hybridized carbons (Fsp3) is 1.00. The molecule has 0 unspecified atom stereocenters. The van der Waals surface area contributed by atoms with Gasteiger partial charge in [-0.05, 0) is 31.1 Å². The van der Waals surface area contributed by atoms with Crippen molar-refractivity contribution in [3.63, 3.8) is 0 Å². The second-order valence-corrected chi connectivity index (χ2v) is 7.39. The summed E-state index contributed by atoms with van der Waals surface area (Å²) in [6, 6.07) is 0. The molecule has 18 heavy (non-hydrogen) atoms. The van der Waals surface area contributed by atoms with Crippen LogP contribution >= 0.6 is 0 Å². The summed E-state index contributed by atoms with van der Waals surface area (Å²) in [4.78, 5) is 0. The van der Waals surface area contributed by atoms with Crippen LogP contribution in [0, 0.1) is 10.8 Å². The molecule has 0 aromatic carbocycles. The Labute approximate surface area is 138 Å². The topological polar surface area (TPSA) is 26.0 Å². The zero-order chi connectivity index (χ0) is 13.7. The first kappa shape index (κ1) is 21.3. The van der Waals surface area contributed by atoms with Crippen molar-refractivity contribution in [2.75, 3.05) is 0 Å². The standard InChI is InChI=1S/C16H35N.Na/c1-8-9-10-11-12-13-14(2,3)15(4,5)16(6,7)17;/h8-13,17H2,1-7H3;. The molecular formula is C16H35NNa. The molecule has 105 valence electrons. The van der Waals surface area contributed by atoms with Crippen LogP contribution in [0.5, 0.6) is 0 Å². The van der Waals surface area contributed by atoms with Crippen LogP contribution in [0.25, 0.3) is 0 Å². The van der Waals surface area contributed by atoms with Gasteiger partial charge in [0.15, 0.2) is 0 Å². The van der Waals surface area contributed by atoms with E-state index in [1.165, 1.54) is 38.5 Å². The van der Waals surface area contributed by atoms with E-state index in [9.17, 15) is 0 Å². The summed E-state index contributed by atoms with van der Waals surface area (Å²) in [6.07, 6.45) is 8.09. The van der Waals surface area contributed by atoms with Gasteiger partial charge in [-0.25, -0.2) is 0 Å². The average Bonchev–Trinajstić information content (AvgIpc) is 2.15. The van der Waals surface area contributed by atoms with Crippen molar-refractivity contribution >= 4 is 29.6 Å². The van der Waals surface area contributed by atoms with Crippen molar-refractivity contribution in [3.8, 4) is 0 Å². The van der Waals surface area contributed by atoms with Crippen LogP contribution in [-0.4, -0.2) is 35.1 Å². The van der Waals surface area contributed by atoms with E-state index in [2.05, 4.69) is 48.5 Å². The second kappa shape index (κ2) is 8.29. The van der Waals surface area contributed by atoms with E-state index < -0.39 is 0 Å². The Morgan fingerprint density at radius 1 is 0.778 bits per heavy atom. The van der Waals surface area contributed by atoms with Crippen molar-refractivity contribution in [3.05, 3.63) is 0 Å². The fourth-order valence-electron chi connectivity index (χ4n) is 2.36. The van der Waals surface area contributed by atoms with Crippen LogP contribution < -0.4 is 5.73 Å². The van der Waals surface area contributed by atoms with Gasteiger partial charge in [-0.15, -0.1) is 0 Å². The monoisotopic (exact) mass is 264 g/mol. The number of unbranched alkanes of at least 4 members (excludes halogenated alkanes) is 4. The molecule has 0 saturated carbocycles. The first-order valence-electron chi connectivity index (χ1n) is 7.35. The summed E-state index contributed by atoms with van der Waals surface area (Å²) < 4.78 is 0. The maximum atomic E-state index is 6.35. The Morgan fingerprint density at radius 3 is 1.61 bits per heavy atom. The van der Waals surface area contributed by atoms with Gasteiger partial charge >= 0.3 is 0 Å². The summed E-state index contributed by atoms with van der Waals surface area (Å²) in [5.74, 6) is 0. The zero-order valence-electron chi connectivity index (χ0n) is 14.3. The summed E-state index contributed by atoms with van der Waals surface area (Å²) in [7, 11) is 0. The van der Waals surface area contributed by atoms with E-state index in [0.717, 1.165) is 0 Å². The Balaban J connectivity index is 0. The largest absolute Gasteiger partial charge is 0.325 e. The first-order chi connectivity index (χ1) is 7.56. The van der Waals surface area contributed by atoms with Gasteiger partial charge in [0.05, 0.1) is 0 Å². The maximum absolute atomic E-state index is 6.35. The van der Waals surface area contributed by atoms with Gasteiger partial charge in [0, 0.05) is 35.1 Å². The minimum atomic E-state index is -0.125. The smallest absolute Gasteiger partial charge is 0.0154 e. The number of hydrogen-bond donors (Lipinski definition) is 1. The zero-order valence-corrected chi connectivity index (χ0v) is 16.3. The quantitative estimate of drug-likeness (QED) is 0.496. The SMILES string of the molecule is CCCCCCCC(C)(C)C(C)(C)C(C)(C)N.[Na]. The maximum Gasteiger partial charge on any atom is 0.0154 e. The molecule has 0 aliphatic rings. The van der Waals surface area contributed by atoms with E-state index >= 15 is 0 Å². The van der Waals surface area contributed by atoms with E-state index in [0.29, 0.717) is 5.41 Å². The third-order valence-corrected chi connectivity index (χ3v) is 5.21. The molecule has 0 fully saturated rings. The minimum absolute atomic E-state index is 0. The van der Waals surface area contributed by atoms with E-state index in [1.807, 2.05) is 0 Å². The molecular weight excluding hydrogens is 229 g/mol. The van der Waals surface area contributed by atoms with Gasteiger partial charge in [0.2, 0.25) is 0 Å². The molecule has 0 atom stereocenters. The third kappa shape index (κ3) is 5.94. The number of hydrogen-bond acceptors (Lipinski definition) is 1. The Bertz CT molecular complexity index is 214. The van der Waals surface area contributed by atoms with E-state index in [-0.39, 0.29) is 40.5 Å². The molecule has 2 N–H and O–H groups in total. The average molecular weight is 264 g/mol. The predicted octanol–water partition coefficient (Wildman–Crippen LogP) is 4.76. The normalized spacial score (nSPS) is 13.3. The van der Waals surface area contributed by atoms with Crippen LogP contribution in [0.4, 0.5) is 0 Å². The molecule has 0 aliphatic carbocycles. The van der Waals surface area contributed by atoms with Crippen LogP contribution in [0.15, 0.2) is 0 Å². The Hall–Kier alpha value is 0.960. The molecule has 0 aliphatic heterocycles. The molecule has 0 bridgehead atoms. The van der Waals surface area contributed by atoms with Crippen molar-refractivity contribution in [1.29, 1.82) is 0 Å². The first-order valence-corrected chi connectivity index (χ1v) is 7.35. The van der Waals surface area contributed by atoms with Crippen LogP contribution in [0.3, 0.4) is 0 Å². The predicted molar refractivity (Wildman–Crippen MR) is 85.0 cm³/mol. The van der Waals surface area contributed by atoms with Crippen LogP contribution in [0.1, 0.15) is 87.0 Å². The third-order valence-electron chi connectivity index (χ3n) is 5.21. The van der Waals surface area contributed by atoms with Crippen LogP contribution in [0.2, 0.25) is 0 Å². The molecule has 0 aromatic heterocycles. The van der Waals surface area contributed by atoms with E-state index in [1.54, 1.807) is 0 Å². The minimum Gasteiger partial charge on any atom is -0.325 e. The van der Waals surface area contributed by atoms with Crippen molar-refractivity contribution in [2.45, 2.75) is 92.5 Å². The van der Waals surface area contributed by atoms with Gasteiger partial charge in [-0.2, -0.15) is 0 Å². The summed E-state index contributed by atoms with van der Waals surface area (Å²) >= 11 is 0. The summed E-state index contributed by atoms with van der Waals surface area (Å²) in [5, 5.41) is 0. The van der Waals surface area contributed by atoms with Crippen molar-refractivity contribution < 1.29 is 0 Å². The Morgan fingerprint density at radius 2 is 1.22 bits per heavy atom. The Kier molecular flexibility index (Phi) is 9.79. The van der Waals surface area contributed by atoms with Crippen molar-refractivity contribution in [1.82, 2.24) is 0 Å². The molecule has 0 spiro atoms. The molecule has 2 heteroatoms. The molecule has 0 amide bonds. The molecule has 0 heterocycles. The molecule has 1 nitrogen and oxygen atoms in total. The van der Waals surface area contributed by atoms with Gasteiger partial charge < -0.3 is 5.73 Å². The number of rotatable bonds is 8. The molecule has 1 radical (unpaired) electrons. The van der Waals surface area contributed by atoms with Gasteiger partial charge in [0.1, 0.15) is 0 Å². The van der Waals surface area contributed by atoms with Gasteiger partial charge in [0.25, 0.3) is 0 Å². The van der Waals surface area contributed by atoms with Crippen LogP contribution in [-0.2, 0) is 0 Å². The second-order valence-electron chi connectivity index (χ2n) is 7.39. The van der Waals surface area contributed by atoms with Crippen molar-refractivity contribution in [2.24, 2.45) is 16.6 Å². The molecule has 0 rings (SSSR count). The number of nitrogens with two attached hydrogens (primary N) is 1. The molecule has 0 saturated heterocycles. The summed E-state index contributed by atoms with van der Waals surface area (Å²) in [5.41, 5.74) is 6.69. The van der Waals surface area contributed by atoms with Gasteiger partial charge in [-0.1, -0.05) is 66.7 Å². The summed E-state index contributed by atoms with van der Waals surface area (Å²) in [6.45, 7) is 16.0. The van der Waals surface area contributed by atoms with E-state index in [4.69, 9.17) is 5.73 Å².